The van der Waals surface area contributed by atoms with E-state index in [2.05, 4.69) is 9.59 Å². The zero-order valence-corrected chi connectivity index (χ0v) is 10.9. The summed E-state index contributed by atoms with van der Waals surface area (Å²) < 4.78 is 3.83. The number of carbonyl (C=O) groups excluding carboxylic acids is 1. The van der Waals surface area contributed by atoms with Crippen LogP contribution in [-0.2, 0) is 6.42 Å². The molecule has 1 saturated heterocycles. The first-order chi connectivity index (χ1) is 8.13. The minimum atomic E-state index is -0.349. The van der Waals surface area contributed by atoms with Crippen molar-refractivity contribution in [3.8, 4) is 0 Å². The molecule has 1 amide bonds. The summed E-state index contributed by atoms with van der Waals surface area (Å²) in [6.07, 6.45) is 1.25. The molecule has 0 aliphatic carbocycles. The molecule has 1 fully saturated rings. The molecule has 6 heteroatoms. The minimum absolute atomic E-state index is 0.0139. The number of aliphatic hydroxyl groups is 1. The van der Waals surface area contributed by atoms with E-state index in [4.69, 9.17) is 0 Å². The van der Waals surface area contributed by atoms with E-state index in [1.165, 1.54) is 0 Å². The fourth-order valence-corrected chi connectivity index (χ4v) is 2.83. The van der Waals surface area contributed by atoms with Gasteiger partial charge in [-0.15, -0.1) is 5.10 Å². The Morgan fingerprint density at radius 1 is 1.71 bits per heavy atom. The van der Waals surface area contributed by atoms with E-state index in [9.17, 15) is 9.90 Å². The lowest BCUT2D eigenvalue weighted by molar-refractivity contribution is 0.0766. The molecule has 2 atom stereocenters. The smallest absolute Gasteiger partial charge is 0.267 e. The third-order valence-electron chi connectivity index (χ3n) is 3.28. The molecule has 5 nitrogen and oxygen atoms in total. The lowest BCUT2D eigenvalue weighted by Gasteiger charge is -2.16. The Bertz CT molecular complexity index is 405. The van der Waals surface area contributed by atoms with E-state index in [0.29, 0.717) is 11.4 Å². The first-order valence-electron chi connectivity index (χ1n) is 5.92. The molecule has 1 aliphatic heterocycles. The SMILES string of the molecule is CCc1nnsc1C(=O)N1CCC(C(C)O)C1. The van der Waals surface area contributed by atoms with Crippen molar-refractivity contribution in [2.45, 2.75) is 32.8 Å². The summed E-state index contributed by atoms with van der Waals surface area (Å²) in [4.78, 5) is 14.7. The van der Waals surface area contributed by atoms with Crippen LogP contribution in [0.5, 0.6) is 0 Å². The Labute approximate surface area is 105 Å². The number of amides is 1. The van der Waals surface area contributed by atoms with Crippen molar-refractivity contribution in [1.29, 1.82) is 0 Å². The summed E-state index contributed by atoms with van der Waals surface area (Å²) in [5, 5.41) is 13.5. The molecule has 17 heavy (non-hydrogen) atoms. The maximum Gasteiger partial charge on any atom is 0.267 e. The van der Waals surface area contributed by atoms with Crippen LogP contribution in [0, 0.1) is 5.92 Å². The monoisotopic (exact) mass is 255 g/mol. The van der Waals surface area contributed by atoms with Crippen LogP contribution in [0.3, 0.4) is 0 Å². The molecule has 0 saturated carbocycles. The maximum atomic E-state index is 12.2. The number of aliphatic hydroxyl groups excluding tert-OH is 1. The maximum absolute atomic E-state index is 12.2. The van der Waals surface area contributed by atoms with Gasteiger partial charge in [0.15, 0.2) is 0 Å². The first kappa shape index (κ1) is 12.4. The number of rotatable bonds is 3. The molecule has 1 aliphatic rings. The van der Waals surface area contributed by atoms with Crippen molar-refractivity contribution in [2.75, 3.05) is 13.1 Å². The predicted molar refractivity (Wildman–Crippen MR) is 65.0 cm³/mol. The molecule has 1 aromatic rings. The summed E-state index contributed by atoms with van der Waals surface area (Å²) >= 11 is 1.16. The standard InChI is InChI=1S/C11H17N3O2S/c1-3-9-10(17-13-12-9)11(16)14-5-4-8(6-14)7(2)15/h7-8,15H,3-6H2,1-2H3. The van der Waals surface area contributed by atoms with Gasteiger partial charge in [0, 0.05) is 19.0 Å². The van der Waals surface area contributed by atoms with Gasteiger partial charge in [-0.1, -0.05) is 11.4 Å². The first-order valence-corrected chi connectivity index (χ1v) is 6.69. The van der Waals surface area contributed by atoms with Crippen molar-refractivity contribution in [2.24, 2.45) is 5.92 Å². The second-order valence-corrected chi connectivity index (χ2v) is 5.20. The highest BCUT2D eigenvalue weighted by Crippen LogP contribution is 2.23. The number of aromatic nitrogens is 2. The summed E-state index contributed by atoms with van der Waals surface area (Å²) in [7, 11) is 0. The third-order valence-corrected chi connectivity index (χ3v) is 4.04. The quantitative estimate of drug-likeness (QED) is 0.873. The summed E-state index contributed by atoms with van der Waals surface area (Å²) in [5.74, 6) is 0.213. The van der Waals surface area contributed by atoms with Gasteiger partial charge < -0.3 is 10.0 Å². The fourth-order valence-electron chi connectivity index (χ4n) is 2.11. The van der Waals surface area contributed by atoms with Crippen molar-refractivity contribution < 1.29 is 9.90 Å². The van der Waals surface area contributed by atoms with E-state index in [1.807, 2.05) is 6.92 Å². The molecule has 0 radical (unpaired) electrons. The number of carbonyl (C=O) groups is 1. The number of nitrogens with zero attached hydrogens (tertiary/aromatic N) is 3. The summed E-state index contributed by atoms with van der Waals surface area (Å²) in [6.45, 7) is 5.10. The number of likely N-dealkylation sites (tertiary alicyclic amines) is 1. The van der Waals surface area contributed by atoms with Crippen LogP contribution in [0.15, 0.2) is 0 Å². The van der Waals surface area contributed by atoms with E-state index >= 15 is 0 Å². The second kappa shape index (κ2) is 5.10. The number of aryl methyl sites for hydroxylation is 1. The second-order valence-electron chi connectivity index (χ2n) is 4.44. The van der Waals surface area contributed by atoms with Crippen LogP contribution < -0.4 is 0 Å². The average molecular weight is 255 g/mol. The lowest BCUT2D eigenvalue weighted by Crippen LogP contribution is -2.30. The van der Waals surface area contributed by atoms with Crippen molar-refractivity contribution >= 4 is 17.4 Å². The molecular formula is C11H17N3O2S. The molecule has 2 unspecified atom stereocenters. The molecule has 0 spiro atoms. The zero-order chi connectivity index (χ0) is 12.4. The predicted octanol–water partition coefficient (Wildman–Crippen LogP) is 0.943. The van der Waals surface area contributed by atoms with Crippen LogP contribution in [0.2, 0.25) is 0 Å². The van der Waals surface area contributed by atoms with Gasteiger partial charge in [-0.25, -0.2) is 0 Å². The highest BCUT2D eigenvalue weighted by Gasteiger charge is 2.31. The molecule has 0 bridgehead atoms. The van der Waals surface area contributed by atoms with E-state index in [1.54, 1.807) is 11.8 Å². The van der Waals surface area contributed by atoms with E-state index < -0.39 is 0 Å². The van der Waals surface area contributed by atoms with Crippen LogP contribution in [0.4, 0.5) is 0 Å². The Kier molecular flexibility index (Phi) is 3.73. The van der Waals surface area contributed by atoms with Crippen LogP contribution >= 0.6 is 11.5 Å². The Hall–Kier alpha value is -1.01. The molecule has 0 aromatic carbocycles. The van der Waals surface area contributed by atoms with Crippen LogP contribution in [0.1, 0.15) is 35.6 Å². The molecule has 94 valence electrons. The molecular weight excluding hydrogens is 238 g/mol. The normalized spacial score (nSPS) is 21.8. The summed E-state index contributed by atoms with van der Waals surface area (Å²) in [5.41, 5.74) is 0.778. The van der Waals surface area contributed by atoms with Crippen LogP contribution in [0.25, 0.3) is 0 Å². The Balaban J connectivity index is 2.07. The van der Waals surface area contributed by atoms with Gasteiger partial charge in [0.05, 0.1) is 11.8 Å². The van der Waals surface area contributed by atoms with E-state index in [0.717, 1.165) is 36.6 Å². The van der Waals surface area contributed by atoms with Crippen LogP contribution in [-0.4, -0.2) is 44.7 Å². The molecule has 2 heterocycles. The van der Waals surface area contributed by atoms with Gasteiger partial charge in [0.25, 0.3) is 5.91 Å². The molecule has 1 N–H and O–H groups in total. The summed E-state index contributed by atoms with van der Waals surface area (Å²) in [6, 6.07) is 0. The largest absolute Gasteiger partial charge is 0.393 e. The average Bonchev–Trinajstić information content (AvgIpc) is 2.96. The third kappa shape index (κ3) is 2.47. The molecule has 2 rings (SSSR count). The zero-order valence-electron chi connectivity index (χ0n) is 10.1. The highest BCUT2D eigenvalue weighted by molar-refractivity contribution is 7.08. The van der Waals surface area contributed by atoms with Crippen molar-refractivity contribution in [1.82, 2.24) is 14.5 Å². The Morgan fingerprint density at radius 2 is 2.47 bits per heavy atom. The van der Waals surface area contributed by atoms with Gasteiger partial charge in [-0.3, -0.25) is 4.79 Å². The van der Waals surface area contributed by atoms with Gasteiger partial charge in [-0.05, 0) is 31.3 Å². The van der Waals surface area contributed by atoms with Crippen molar-refractivity contribution in [3.63, 3.8) is 0 Å². The van der Waals surface area contributed by atoms with Gasteiger partial charge in [0.2, 0.25) is 0 Å². The minimum Gasteiger partial charge on any atom is -0.393 e. The molecule has 1 aromatic heterocycles. The Morgan fingerprint density at radius 3 is 3.06 bits per heavy atom. The van der Waals surface area contributed by atoms with Gasteiger partial charge in [0.1, 0.15) is 4.88 Å². The topological polar surface area (TPSA) is 66.3 Å². The number of hydrogen-bond donors (Lipinski definition) is 1. The lowest BCUT2D eigenvalue weighted by atomic mass is 10.0. The van der Waals surface area contributed by atoms with Gasteiger partial charge in [-0.2, -0.15) is 0 Å². The van der Waals surface area contributed by atoms with E-state index in [-0.39, 0.29) is 17.9 Å². The van der Waals surface area contributed by atoms with Crippen molar-refractivity contribution in [3.05, 3.63) is 10.6 Å². The highest BCUT2D eigenvalue weighted by atomic mass is 32.1. The fraction of sp³-hybridized carbons (Fsp3) is 0.727. The van der Waals surface area contributed by atoms with Gasteiger partial charge >= 0.3 is 0 Å². The number of hydrogen-bond acceptors (Lipinski definition) is 5.